The summed E-state index contributed by atoms with van der Waals surface area (Å²) in [5, 5.41) is 4.64. The summed E-state index contributed by atoms with van der Waals surface area (Å²) in [7, 11) is 1.93. The van der Waals surface area contributed by atoms with Crippen LogP contribution in [-0.4, -0.2) is 26.3 Å². The Morgan fingerprint density at radius 2 is 2.20 bits per heavy atom. The summed E-state index contributed by atoms with van der Waals surface area (Å²) < 4.78 is 1.82. The molecule has 3 rings (SSSR count). The molecule has 1 fully saturated rings. The van der Waals surface area contributed by atoms with Crippen LogP contribution in [0.3, 0.4) is 0 Å². The maximum absolute atomic E-state index is 5.99. The molecule has 1 aliphatic rings. The summed E-state index contributed by atoms with van der Waals surface area (Å²) in [6, 6.07) is 2.04. The molecule has 2 aromatic rings. The first-order chi connectivity index (χ1) is 9.63. The highest BCUT2D eigenvalue weighted by molar-refractivity contribution is 6.29. The number of aromatic nitrogens is 4. The highest BCUT2D eigenvalue weighted by atomic mass is 35.5. The van der Waals surface area contributed by atoms with E-state index in [2.05, 4.69) is 26.2 Å². The summed E-state index contributed by atoms with van der Waals surface area (Å²) in [5.74, 6) is 0.999. The number of nitrogen functional groups attached to an aromatic ring is 1. The minimum absolute atomic E-state index is 0.211. The largest absolute Gasteiger partial charge is 0.368 e. The molecule has 0 bridgehead atoms. The van der Waals surface area contributed by atoms with Crippen LogP contribution in [0.15, 0.2) is 18.5 Å². The fourth-order valence-corrected chi connectivity index (χ4v) is 2.92. The predicted octanol–water partition coefficient (Wildman–Crippen LogP) is 2.18. The average molecular weight is 293 g/mol. The van der Waals surface area contributed by atoms with E-state index in [1.54, 1.807) is 6.07 Å². The molecule has 106 valence electrons. The van der Waals surface area contributed by atoms with Crippen molar-refractivity contribution < 1.29 is 0 Å². The monoisotopic (exact) mass is 292 g/mol. The van der Waals surface area contributed by atoms with Crippen molar-refractivity contribution in [2.45, 2.75) is 25.3 Å². The second-order valence-electron chi connectivity index (χ2n) is 5.06. The second kappa shape index (κ2) is 5.28. The smallest absolute Gasteiger partial charge is 0.223 e. The van der Waals surface area contributed by atoms with Crippen molar-refractivity contribution in [3.63, 3.8) is 0 Å². The van der Waals surface area contributed by atoms with Gasteiger partial charge in [0.1, 0.15) is 11.0 Å². The first-order valence-electron chi connectivity index (χ1n) is 6.69. The molecular weight excluding hydrogens is 276 g/mol. The summed E-state index contributed by atoms with van der Waals surface area (Å²) in [4.78, 5) is 10.5. The summed E-state index contributed by atoms with van der Waals surface area (Å²) in [5.41, 5.74) is 6.90. The second-order valence-corrected chi connectivity index (χ2v) is 5.45. The van der Waals surface area contributed by atoms with Gasteiger partial charge in [-0.25, -0.2) is 4.98 Å². The van der Waals surface area contributed by atoms with Crippen LogP contribution < -0.4 is 10.6 Å². The van der Waals surface area contributed by atoms with Crippen LogP contribution in [0, 0.1) is 0 Å². The molecule has 7 heteroatoms. The Balaban J connectivity index is 1.96. The minimum atomic E-state index is 0.211. The van der Waals surface area contributed by atoms with E-state index >= 15 is 0 Å². The Bertz CT molecular complexity index is 590. The van der Waals surface area contributed by atoms with Crippen molar-refractivity contribution in [2.24, 2.45) is 7.05 Å². The zero-order valence-electron chi connectivity index (χ0n) is 11.3. The summed E-state index contributed by atoms with van der Waals surface area (Å²) in [6.07, 6.45) is 7.38. The van der Waals surface area contributed by atoms with Crippen molar-refractivity contribution >= 4 is 23.4 Å². The number of hydrogen-bond acceptors (Lipinski definition) is 5. The van der Waals surface area contributed by atoms with E-state index in [4.69, 9.17) is 17.3 Å². The van der Waals surface area contributed by atoms with Crippen molar-refractivity contribution in [3.8, 4) is 0 Å². The van der Waals surface area contributed by atoms with Gasteiger partial charge in [-0.15, -0.1) is 0 Å². The molecule has 1 aliphatic heterocycles. The molecule has 6 nitrogen and oxygen atoms in total. The number of hydrogen-bond donors (Lipinski definition) is 1. The molecule has 1 atom stereocenters. The maximum Gasteiger partial charge on any atom is 0.223 e. The Kier molecular flexibility index (Phi) is 3.48. The first-order valence-corrected chi connectivity index (χ1v) is 7.06. The number of halogens is 1. The molecule has 1 saturated heterocycles. The summed E-state index contributed by atoms with van der Waals surface area (Å²) >= 11 is 5.99. The van der Waals surface area contributed by atoms with Gasteiger partial charge in [0.15, 0.2) is 0 Å². The first kappa shape index (κ1) is 13.2. The maximum atomic E-state index is 5.99. The number of aryl methyl sites for hydroxylation is 1. The number of rotatable bonds is 2. The number of anilines is 2. The molecule has 3 heterocycles. The Morgan fingerprint density at radius 1 is 1.35 bits per heavy atom. The lowest BCUT2D eigenvalue weighted by molar-refractivity contribution is 0.469. The molecule has 0 aliphatic carbocycles. The van der Waals surface area contributed by atoms with Gasteiger partial charge < -0.3 is 10.6 Å². The Morgan fingerprint density at radius 3 is 2.90 bits per heavy atom. The topological polar surface area (TPSA) is 72.9 Å². The van der Waals surface area contributed by atoms with Crippen molar-refractivity contribution in [3.05, 3.63) is 29.2 Å². The van der Waals surface area contributed by atoms with E-state index in [0.29, 0.717) is 5.15 Å². The third-order valence-electron chi connectivity index (χ3n) is 3.61. The highest BCUT2D eigenvalue weighted by Crippen LogP contribution is 2.34. The fourth-order valence-electron chi connectivity index (χ4n) is 2.73. The van der Waals surface area contributed by atoms with Gasteiger partial charge in [-0.05, 0) is 19.3 Å². The van der Waals surface area contributed by atoms with Gasteiger partial charge in [-0.1, -0.05) is 11.6 Å². The standard InChI is InChI=1S/C13H17ClN6/c1-19-8-9(7-16-19)10-4-2-3-5-20(10)12-6-11(14)17-13(15)18-12/h6-8,10H,2-5H2,1H3,(H2,15,17,18)/t10-/m0/s1. The van der Waals surface area contributed by atoms with Crippen LogP contribution in [0.5, 0.6) is 0 Å². The van der Waals surface area contributed by atoms with Crippen molar-refractivity contribution in [1.29, 1.82) is 0 Å². The van der Waals surface area contributed by atoms with E-state index < -0.39 is 0 Å². The Hall–Kier alpha value is -1.82. The van der Waals surface area contributed by atoms with Gasteiger partial charge in [0.2, 0.25) is 5.95 Å². The van der Waals surface area contributed by atoms with Gasteiger partial charge in [0, 0.05) is 31.4 Å². The SMILES string of the molecule is Cn1cc([C@@H]2CCCCN2c2cc(Cl)nc(N)n2)cn1. The average Bonchev–Trinajstić information content (AvgIpc) is 2.84. The summed E-state index contributed by atoms with van der Waals surface area (Å²) in [6.45, 7) is 0.937. The van der Waals surface area contributed by atoms with E-state index in [-0.39, 0.29) is 12.0 Å². The van der Waals surface area contributed by atoms with E-state index in [9.17, 15) is 0 Å². The van der Waals surface area contributed by atoms with Crippen LogP contribution >= 0.6 is 11.6 Å². The molecule has 2 aromatic heterocycles. The molecule has 0 spiro atoms. The molecule has 0 saturated carbocycles. The van der Waals surface area contributed by atoms with E-state index in [1.807, 2.05) is 17.9 Å². The predicted molar refractivity (Wildman–Crippen MR) is 78.6 cm³/mol. The van der Waals surface area contributed by atoms with Gasteiger partial charge in [0.05, 0.1) is 12.2 Å². The molecule has 0 unspecified atom stereocenters. The lowest BCUT2D eigenvalue weighted by Crippen LogP contribution is -2.34. The minimum Gasteiger partial charge on any atom is -0.368 e. The zero-order valence-corrected chi connectivity index (χ0v) is 12.1. The van der Waals surface area contributed by atoms with Gasteiger partial charge in [0.25, 0.3) is 0 Å². The van der Waals surface area contributed by atoms with Crippen LogP contribution in [-0.2, 0) is 7.05 Å². The molecule has 0 amide bonds. The Labute approximate surface area is 122 Å². The molecule has 0 radical (unpaired) electrons. The lowest BCUT2D eigenvalue weighted by Gasteiger charge is -2.36. The normalized spacial score (nSPS) is 19.3. The van der Waals surface area contributed by atoms with Crippen molar-refractivity contribution in [1.82, 2.24) is 19.7 Å². The van der Waals surface area contributed by atoms with E-state index in [0.717, 1.165) is 25.2 Å². The number of piperidine rings is 1. The third kappa shape index (κ3) is 2.56. The lowest BCUT2D eigenvalue weighted by atomic mass is 9.97. The number of nitrogens with two attached hydrogens (primary N) is 1. The fraction of sp³-hybridized carbons (Fsp3) is 0.462. The van der Waals surface area contributed by atoms with Crippen LogP contribution in [0.25, 0.3) is 0 Å². The van der Waals surface area contributed by atoms with Gasteiger partial charge >= 0.3 is 0 Å². The van der Waals surface area contributed by atoms with E-state index in [1.165, 1.54) is 12.0 Å². The van der Waals surface area contributed by atoms with Crippen LogP contribution in [0.2, 0.25) is 5.15 Å². The van der Waals surface area contributed by atoms with Crippen LogP contribution in [0.1, 0.15) is 30.9 Å². The van der Waals surface area contributed by atoms with Crippen molar-refractivity contribution in [2.75, 3.05) is 17.2 Å². The molecular formula is C13H17ClN6. The molecule has 20 heavy (non-hydrogen) atoms. The van der Waals surface area contributed by atoms with Gasteiger partial charge in [-0.3, -0.25) is 4.68 Å². The zero-order chi connectivity index (χ0) is 14.1. The van der Waals surface area contributed by atoms with Crippen LogP contribution in [0.4, 0.5) is 11.8 Å². The quantitative estimate of drug-likeness (QED) is 0.859. The molecule has 0 aromatic carbocycles. The third-order valence-corrected chi connectivity index (χ3v) is 3.80. The molecule has 2 N–H and O–H groups in total. The van der Waals surface area contributed by atoms with Gasteiger partial charge in [-0.2, -0.15) is 10.1 Å². The highest BCUT2D eigenvalue weighted by Gasteiger charge is 2.26. The number of nitrogens with zero attached hydrogens (tertiary/aromatic N) is 5.